The Morgan fingerprint density at radius 2 is 1.39 bits per heavy atom. The number of hydrogen-bond acceptors (Lipinski definition) is 1. The Kier molecular flexibility index (Phi) is 5.45. The van der Waals surface area contributed by atoms with Gasteiger partial charge < -0.3 is 5.32 Å². The van der Waals surface area contributed by atoms with E-state index in [2.05, 4.69) is 141 Å². The van der Waals surface area contributed by atoms with Gasteiger partial charge in [0, 0.05) is 11.1 Å². The van der Waals surface area contributed by atoms with Crippen molar-refractivity contribution in [1.29, 1.82) is 0 Å². The SMILES string of the molecule is CC(Nc1ccc(-c2ccc3c(c2)C(C)(C)c2ccccc2-3)cc1)(C1=CCCC=C1)c1ccccc1. The smallest absolute Gasteiger partial charge is 0.0847 e. The highest BCUT2D eigenvalue weighted by Gasteiger charge is 2.35. The van der Waals surface area contributed by atoms with E-state index in [1.165, 1.54) is 44.5 Å². The average Bonchev–Trinajstić information content (AvgIpc) is 3.16. The summed E-state index contributed by atoms with van der Waals surface area (Å²) in [6.45, 7) is 6.97. The summed E-state index contributed by atoms with van der Waals surface area (Å²) in [5.41, 5.74) is 11.5. The highest BCUT2D eigenvalue weighted by molar-refractivity contribution is 5.83. The number of hydrogen-bond donors (Lipinski definition) is 1. The molecule has 0 aliphatic heterocycles. The molecule has 4 aromatic carbocycles. The van der Waals surface area contributed by atoms with E-state index in [0.717, 1.165) is 18.5 Å². The monoisotopic (exact) mass is 467 g/mol. The third-order valence-corrected chi connectivity index (χ3v) is 8.12. The standard InChI is InChI=1S/C35H33N/c1-34(2)32-17-11-10-16-30(32)31-23-20-26(24-33(31)34)25-18-21-29(22-19-25)36-35(3,27-12-6-4-7-13-27)28-14-8-5-9-15-28/h4,6-8,10-24,36H,5,9H2,1-3H3. The second-order valence-electron chi connectivity index (χ2n) is 10.8. The summed E-state index contributed by atoms with van der Waals surface area (Å²) in [5.74, 6) is 0. The molecule has 0 heterocycles. The molecule has 1 unspecified atom stereocenters. The van der Waals surface area contributed by atoms with Crippen molar-refractivity contribution >= 4 is 5.69 Å². The summed E-state index contributed by atoms with van der Waals surface area (Å²) in [4.78, 5) is 0. The molecule has 0 bridgehead atoms. The molecule has 0 saturated heterocycles. The maximum absolute atomic E-state index is 3.87. The molecule has 6 rings (SSSR count). The molecule has 0 spiro atoms. The second-order valence-corrected chi connectivity index (χ2v) is 10.8. The zero-order valence-electron chi connectivity index (χ0n) is 21.4. The first-order valence-electron chi connectivity index (χ1n) is 13.0. The Labute approximate surface area is 215 Å². The van der Waals surface area contributed by atoms with Gasteiger partial charge >= 0.3 is 0 Å². The van der Waals surface area contributed by atoms with Crippen LogP contribution >= 0.6 is 0 Å². The maximum Gasteiger partial charge on any atom is 0.0847 e. The lowest BCUT2D eigenvalue weighted by Gasteiger charge is -2.35. The first-order chi connectivity index (χ1) is 17.5. The van der Waals surface area contributed by atoms with Crippen LogP contribution in [0.4, 0.5) is 5.69 Å². The van der Waals surface area contributed by atoms with Crippen LogP contribution in [0.5, 0.6) is 0 Å². The van der Waals surface area contributed by atoms with E-state index in [1.54, 1.807) is 0 Å². The van der Waals surface area contributed by atoms with E-state index in [0.29, 0.717) is 0 Å². The fourth-order valence-electron chi connectivity index (χ4n) is 5.99. The molecule has 0 saturated carbocycles. The van der Waals surface area contributed by atoms with Gasteiger partial charge in [-0.3, -0.25) is 0 Å². The number of nitrogens with one attached hydrogen (secondary N) is 1. The fourth-order valence-corrected chi connectivity index (χ4v) is 5.99. The van der Waals surface area contributed by atoms with Crippen molar-refractivity contribution in [3.63, 3.8) is 0 Å². The van der Waals surface area contributed by atoms with Crippen LogP contribution in [0.1, 0.15) is 50.3 Å². The summed E-state index contributed by atoms with van der Waals surface area (Å²) in [7, 11) is 0. The minimum atomic E-state index is -0.289. The first kappa shape index (κ1) is 22.6. The van der Waals surface area contributed by atoms with Crippen LogP contribution in [-0.4, -0.2) is 0 Å². The van der Waals surface area contributed by atoms with Gasteiger partial charge in [0.1, 0.15) is 0 Å². The molecule has 0 aromatic heterocycles. The van der Waals surface area contributed by atoms with E-state index in [9.17, 15) is 0 Å². The Bertz CT molecular complexity index is 1470. The third kappa shape index (κ3) is 3.71. The van der Waals surface area contributed by atoms with Gasteiger partial charge in [0.15, 0.2) is 0 Å². The molecule has 0 radical (unpaired) electrons. The number of allylic oxidation sites excluding steroid dienone is 2. The number of fused-ring (bicyclic) bond motifs is 3. The topological polar surface area (TPSA) is 12.0 Å². The molecule has 178 valence electrons. The van der Waals surface area contributed by atoms with Gasteiger partial charge in [-0.25, -0.2) is 0 Å². The van der Waals surface area contributed by atoms with E-state index >= 15 is 0 Å². The van der Waals surface area contributed by atoms with E-state index in [1.807, 2.05) is 0 Å². The molecule has 0 fully saturated rings. The maximum atomic E-state index is 3.87. The third-order valence-electron chi connectivity index (χ3n) is 8.12. The van der Waals surface area contributed by atoms with Crippen molar-refractivity contribution < 1.29 is 0 Å². The van der Waals surface area contributed by atoms with Gasteiger partial charge in [0.2, 0.25) is 0 Å². The molecule has 1 nitrogen and oxygen atoms in total. The number of rotatable bonds is 5. The van der Waals surface area contributed by atoms with Crippen LogP contribution in [0.25, 0.3) is 22.3 Å². The van der Waals surface area contributed by atoms with Crippen LogP contribution in [0.15, 0.2) is 121 Å². The van der Waals surface area contributed by atoms with Crippen molar-refractivity contribution in [2.45, 2.75) is 44.6 Å². The first-order valence-corrected chi connectivity index (χ1v) is 13.0. The van der Waals surface area contributed by atoms with E-state index < -0.39 is 0 Å². The van der Waals surface area contributed by atoms with Gasteiger partial charge in [-0.05, 0) is 82.5 Å². The highest BCUT2D eigenvalue weighted by atomic mass is 15.0. The summed E-state index contributed by atoms with van der Waals surface area (Å²) in [6, 6.07) is 35.5. The van der Waals surface area contributed by atoms with Gasteiger partial charge in [-0.1, -0.05) is 111 Å². The molecule has 36 heavy (non-hydrogen) atoms. The normalized spacial score (nSPS) is 17.0. The summed E-state index contributed by atoms with van der Waals surface area (Å²) in [5, 5.41) is 3.87. The minimum Gasteiger partial charge on any atom is -0.372 e. The Morgan fingerprint density at radius 3 is 2.14 bits per heavy atom. The predicted octanol–water partition coefficient (Wildman–Crippen LogP) is 9.26. The van der Waals surface area contributed by atoms with Gasteiger partial charge in [-0.15, -0.1) is 0 Å². The number of anilines is 1. The largest absolute Gasteiger partial charge is 0.372 e. The van der Waals surface area contributed by atoms with Crippen LogP contribution in [0, 0.1) is 0 Å². The Balaban J connectivity index is 1.32. The summed E-state index contributed by atoms with van der Waals surface area (Å²) in [6.07, 6.45) is 9.15. The molecular formula is C35H33N. The van der Waals surface area contributed by atoms with Crippen molar-refractivity contribution in [3.05, 3.63) is 138 Å². The van der Waals surface area contributed by atoms with Crippen LogP contribution in [0.2, 0.25) is 0 Å². The molecule has 4 aromatic rings. The summed E-state index contributed by atoms with van der Waals surface area (Å²) < 4.78 is 0. The van der Waals surface area contributed by atoms with Gasteiger partial charge in [0.25, 0.3) is 0 Å². The lowest BCUT2D eigenvalue weighted by molar-refractivity contribution is 0.650. The number of benzene rings is 4. The zero-order valence-corrected chi connectivity index (χ0v) is 21.4. The van der Waals surface area contributed by atoms with Crippen molar-refractivity contribution in [3.8, 4) is 22.3 Å². The molecular weight excluding hydrogens is 434 g/mol. The van der Waals surface area contributed by atoms with Crippen LogP contribution < -0.4 is 5.32 Å². The molecule has 1 atom stereocenters. The Morgan fingerprint density at radius 1 is 0.694 bits per heavy atom. The molecule has 2 aliphatic carbocycles. The summed E-state index contributed by atoms with van der Waals surface area (Å²) >= 11 is 0. The van der Waals surface area contributed by atoms with E-state index in [4.69, 9.17) is 0 Å². The van der Waals surface area contributed by atoms with Crippen molar-refractivity contribution in [2.24, 2.45) is 0 Å². The van der Waals surface area contributed by atoms with Gasteiger partial charge in [0.05, 0.1) is 5.54 Å². The average molecular weight is 468 g/mol. The molecule has 1 heteroatoms. The van der Waals surface area contributed by atoms with E-state index in [-0.39, 0.29) is 11.0 Å². The fraction of sp³-hybridized carbons (Fsp3) is 0.200. The van der Waals surface area contributed by atoms with Crippen LogP contribution in [0.3, 0.4) is 0 Å². The quantitative estimate of drug-likeness (QED) is 0.308. The van der Waals surface area contributed by atoms with Crippen molar-refractivity contribution in [2.75, 3.05) is 5.32 Å². The lowest BCUT2D eigenvalue weighted by atomic mass is 9.81. The molecule has 1 N–H and O–H groups in total. The van der Waals surface area contributed by atoms with Crippen molar-refractivity contribution in [1.82, 2.24) is 0 Å². The second kappa shape index (κ2) is 8.68. The zero-order chi connectivity index (χ0) is 24.8. The highest BCUT2D eigenvalue weighted by Crippen LogP contribution is 2.49. The van der Waals surface area contributed by atoms with Gasteiger partial charge in [-0.2, -0.15) is 0 Å². The lowest BCUT2D eigenvalue weighted by Crippen LogP contribution is -2.34. The predicted molar refractivity (Wildman–Crippen MR) is 153 cm³/mol. The Hall–Kier alpha value is -3.84. The molecule has 2 aliphatic rings. The van der Waals surface area contributed by atoms with Crippen LogP contribution in [-0.2, 0) is 11.0 Å². The minimum absolute atomic E-state index is 0.0160. The molecule has 0 amide bonds.